The van der Waals surface area contributed by atoms with Crippen molar-refractivity contribution in [2.45, 2.75) is 117 Å². The maximum absolute atomic E-state index is 12.2. The zero-order chi connectivity index (χ0) is 23.4. The second-order valence-corrected chi connectivity index (χ2v) is 13.3. The molecule has 0 aromatic rings. The predicted octanol–water partition coefficient (Wildman–Crippen LogP) is 4.98. The summed E-state index contributed by atoms with van der Waals surface area (Å²) in [5, 5.41) is 0. The highest BCUT2D eigenvalue weighted by atomic mass is 16.8. The van der Waals surface area contributed by atoms with Crippen molar-refractivity contribution in [1.82, 2.24) is 0 Å². The van der Waals surface area contributed by atoms with Gasteiger partial charge in [-0.05, 0) is 78.9 Å². The zero-order valence-corrected chi connectivity index (χ0v) is 20.9. The lowest BCUT2D eigenvalue weighted by Gasteiger charge is -2.67. The Hall–Kier alpha value is -1.14. The topological polar surface area (TPSA) is 71.1 Å². The van der Waals surface area contributed by atoms with Crippen LogP contribution in [0.2, 0.25) is 0 Å². The van der Waals surface area contributed by atoms with E-state index in [1.807, 2.05) is 0 Å². The van der Waals surface area contributed by atoms with E-state index in [1.165, 1.54) is 45.4 Å². The van der Waals surface area contributed by atoms with Gasteiger partial charge in [0.2, 0.25) is 6.29 Å². The second kappa shape index (κ2) is 6.96. The minimum absolute atomic E-state index is 0.0969. The van der Waals surface area contributed by atoms with E-state index in [1.54, 1.807) is 0 Å². The third kappa shape index (κ3) is 2.92. The lowest BCUT2D eigenvalue weighted by Crippen LogP contribution is -2.60. The van der Waals surface area contributed by atoms with Crippen LogP contribution in [-0.2, 0) is 28.5 Å². The zero-order valence-electron chi connectivity index (χ0n) is 20.9. The summed E-state index contributed by atoms with van der Waals surface area (Å²) < 4.78 is 24.2. The molecule has 6 aliphatic rings. The summed E-state index contributed by atoms with van der Waals surface area (Å²) in [6.07, 6.45) is 7.84. The van der Waals surface area contributed by atoms with Crippen molar-refractivity contribution < 1.29 is 28.5 Å². The number of carbonyl (C=O) groups is 2. The van der Waals surface area contributed by atoms with Crippen LogP contribution >= 0.6 is 0 Å². The lowest BCUT2D eigenvalue weighted by atomic mass is 9.38. The van der Waals surface area contributed by atoms with Crippen molar-refractivity contribution in [2.24, 2.45) is 39.9 Å². The van der Waals surface area contributed by atoms with E-state index in [-0.39, 0.29) is 36.0 Å². The van der Waals surface area contributed by atoms with Gasteiger partial charge in [-0.25, -0.2) is 0 Å². The molecule has 10 atom stereocenters. The Morgan fingerprint density at radius 3 is 2.55 bits per heavy atom. The molecule has 0 aromatic heterocycles. The van der Waals surface area contributed by atoms with Crippen LogP contribution in [0.1, 0.15) is 92.4 Å². The Morgan fingerprint density at radius 2 is 1.79 bits per heavy atom. The van der Waals surface area contributed by atoms with Gasteiger partial charge in [-0.2, -0.15) is 0 Å². The van der Waals surface area contributed by atoms with Crippen LogP contribution < -0.4 is 0 Å². The van der Waals surface area contributed by atoms with Gasteiger partial charge in [0.15, 0.2) is 11.9 Å². The number of ether oxygens (including phenoxy) is 4. The molecule has 3 aliphatic heterocycles. The van der Waals surface area contributed by atoms with Crippen LogP contribution in [-0.4, -0.2) is 36.2 Å². The number of fused-ring (bicyclic) bond motifs is 7. The molecule has 3 heterocycles. The highest BCUT2D eigenvalue weighted by Crippen LogP contribution is 2.71. The number of hydrogen-bond acceptors (Lipinski definition) is 6. The highest BCUT2D eigenvalue weighted by Gasteiger charge is 2.71. The minimum atomic E-state index is -0.995. The van der Waals surface area contributed by atoms with E-state index in [0.29, 0.717) is 22.7 Å². The molecule has 0 amide bonds. The fourth-order valence-corrected chi connectivity index (χ4v) is 10.1. The average Bonchev–Trinajstić information content (AvgIpc) is 3.15. The molecule has 0 radical (unpaired) electrons. The monoisotopic (exact) mass is 460 g/mol. The molecular weight excluding hydrogens is 420 g/mol. The molecule has 2 bridgehead atoms. The molecule has 184 valence electrons. The molecule has 1 spiro atoms. The number of carbonyl (C=O) groups excluding carboxylic acids is 2. The predicted molar refractivity (Wildman–Crippen MR) is 120 cm³/mol. The molecule has 3 saturated heterocycles. The van der Waals surface area contributed by atoms with E-state index in [2.05, 4.69) is 27.7 Å². The summed E-state index contributed by atoms with van der Waals surface area (Å²) in [4.78, 5) is 24.4. The summed E-state index contributed by atoms with van der Waals surface area (Å²) in [5.74, 6) is 1.32. The standard InChI is InChI=1S/C27H40O6/c1-15(28)30-20-13-17-16(22-32-23-27(20,33-22)14-21(29)31-23)7-8-19-25(17,4)12-9-18-24(2,3)10-6-11-26(18,19)5/h16-20,22-23H,6-14H2,1-5H3/t16?,17-,18?,19?,20-,22+,23+,25+,26+,27-/m1/s1. The highest BCUT2D eigenvalue weighted by molar-refractivity contribution is 5.74. The first-order valence-electron chi connectivity index (χ1n) is 13.2. The van der Waals surface area contributed by atoms with Crippen molar-refractivity contribution in [1.29, 1.82) is 0 Å². The fourth-order valence-electron chi connectivity index (χ4n) is 10.1. The Morgan fingerprint density at radius 1 is 1.00 bits per heavy atom. The molecule has 3 unspecified atom stereocenters. The van der Waals surface area contributed by atoms with Gasteiger partial charge in [-0.3, -0.25) is 9.59 Å². The van der Waals surface area contributed by atoms with Gasteiger partial charge in [0.1, 0.15) is 6.10 Å². The third-order valence-electron chi connectivity index (χ3n) is 11.3. The van der Waals surface area contributed by atoms with Crippen LogP contribution in [0.5, 0.6) is 0 Å². The van der Waals surface area contributed by atoms with E-state index in [0.717, 1.165) is 18.8 Å². The van der Waals surface area contributed by atoms with Gasteiger partial charge in [-0.15, -0.1) is 0 Å². The molecule has 6 fully saturated rings. The van der Waals surface area contributed by atoms with Crippen molar-refractivity contribution in [2.75, 3.05) is 0 Å². The van der Waals surface area contributed by atoms with Crippen LogP contribution in [0, 0.1) is 39.9 Å². The van der Waals surface area contributed by atoms with E-state index < -0.39 is 18.0 Å². The number of esters is 2. The first kappa shape index (κ1) is 22.3. The molecule has 6 nitrogen and oxygen atoms in total. The summed E-state index contributed by atoms with van der Waals surface area (Å²) in [5.41, 5.74) is -0.109. The van der Waals surface area contributed by atoms with E-state index >= 15 is 0 Å². The normalized spacial score (nSPS) is 54.2. The molecular formula is C27H40O6. The maximum Gasteiger partial charge on any atom is 0.311 e. The van der Waals surface area contributed by atoms with Gasteiger partial charge >= 0.3 is 11.9 Å². The Labute approximate surface area is 197 Å². The van der Waals surface area contributed by atoms with Crippen LogP contribution in [0.25, 0.3) is 0 Å². The summed E-state index contributed by atoms with van der Waals surface area (Å²) >= 11 is 0. The van der Waals surface area contributed by atoms with Gasteiger partial charge in [-0.1, -0.05) is 34.1 Å². The molecule has 3 saturated carbocycles. The first-order chi connectivity index (χ1) is 15.5. The summed E-state index contributed by atoms with van der Waals surface area (Å²) in [6.45, 7) is 11.5. The van der Waals surface area contributed by atoms with Crippen LogP contribution in [0.4, 0.5) is 0 Å². The first-order valence-corrected chi connectivity index (χ1v) is 13.2. The number of hydrogen-bond donors (Lipinski definition) is 0. The summed E-state index contributed by atoms with van der Waals surface area (Å²) in [7, 11) is 0. The molecule has 6 rings (SSSR count). The molecule has 6 heteroatoms. The van der Waals surface area contributed by atoms with Gasteiger partial charge < -0.3 is 18.9 Å². The molecule has 33 heavy (non-hydrogen) atoms. The van der Waals surface area contributed by atoms with Crippen LogP contribution in [0.3, 0.4) is 0 Å². The minimum Gasteiger partial charge on any atom is -0.459 e. The van der Waals surface area contributed by atoms with Crippen molar-refractivity contribution >= 4 is 11.9 Å². The maximum atomic E-state index is 12.2. The van der Waals surface area contributed by atoms with E-state index in [9.17, 15) is 9.59 Å². The largest absolute Gasteiger partial charge is 0.459 e. The second-order valence-electron chi connectivity index (χ2n) is 13.3. The van der Waals surface area contributed by atoms with Gasteiger partial charge in [0.05, 0.1) is 6.42 Å². The van der Waals surface area contributed by atoms with Crippen LogP contribution in [0.15, 0.2) is 0 Å². The Balaban J connectivity index is 1.39. The van der Waals surface area contributed by atoms with E-state index in [4.69, 9.17) is 18.9 Å². The van der Waals surface area contributed by atoms with Crippen molar-refractivity contribution in [3.63, 3.8) is 0 Å². The Bertz CT molecular complexity index is 869. The smallest absolute Gasteiger partial charge is 0.311 e. The lowest BCUT2D eigenvalue weighted by molar-refractivity contribution is -0.222. The van der Waals surface area contributed by atoms with Gasteiger partial charge in [0, 0.05) is 12.8 Å². The quantitative estimate of drug-likeness (QED) is 0.514. The SMILES string of the molecule is CC(=O)O[C@@H]1C[C@@H]2C(CCC3[C@@]4(C)CCCC(C)(C)C4CC[C@]32C)[C@H]2O[C@@H]3OC(=O)C[C@]31O2. The molecule has 3 aliphatic carbocycles. The third-order valence-corrected chi connectivity index (χ3v) is 11.3. The average molecular weight is 461 g/mol. The number of rotatable bonds is 1. The summed E-state index contributed by atoms with van der Waals surface area (Å²) in [6, 6.07) is 0. The van der Waals surface area contributed by atoms with Crippen molar-refractivity contribution in [3.8, 4) is 0 Å². The fraction of sp³-hybridized carbons (Fsp3) is 0.926. The van der Waals surface area contributed by atoms with Crippen molar-refractivity contribution in [3.05, 3.63) is 0 Å². The van der Waals surface area contributed by atoms with Gasteiger partial charge in [0.25, 0.3) is 0 Å². The Kier molecular flexibility index (Phi) is 4.71. The molecule has 0 aromatic carbocycles. The molecule has 0 N–H and O–H groups in total.